The van der Waals surface area contributed by atoms with Crippen LogP contribution in [0, 0.1) is 0 Å². The first-order valence-electron chi connectivity index (χ1n) is 6.95. The standard InChI is InChI=1S/C13H26N2O3.ClH/c1-3-14-7-8-15-13(16)11(2)18-10-12-6-4-5-9-17-12;/h11-12,14H,3-10H2,1-2H3,(H,15,16);1H. The SMILES string of the molecule is CCNCCNC(=O)C(C)OCC1CCCCO1.Cl. The van der Waals surface area contributed by atoms with E-state index < -0.39 is 6.10 Å². The van der Waals surface area contributed by atoms with E-state index in [1.54, 1.807) is 6.92 Å². The summed E-state index contributed by atoms with van der Waals surface area (Å²) >= 11 is 0. The second-order valence-corrected chi connectivity index (χ2v) is 4.61. The molecule has 19 heavy (non-hydrogen) atoms. The lowest BCUT2D eigenvalue weighted by molar-refractivity contribution is -0.135. The summed E-state index contributed by atoms with van der Waals surface area (Å²) in [5.41, 5.74) is 0. The average Bonchev–Trinajstić information content (AvgIpc) is 2.42. The zero-order valence-corrected chi connectivity index (χ0v) is 12.8. The van der Waals surface area contributed by atoms with Crippen molar-refractivity contribution in [2.45, 2.75) is 45.3 Å². The van der Waals surface area contributed by atoms with Gasteiger partial charge in [-0.15, -0.1) is 12.4 Å². The second-order valence-electron chi connectivity index (χ2n) is 4.61. The van der Waals surface area contributed by atoms with Crippen LogP contribution in [-0.2, 0) is 14.3 Å². The smallest absolute Gasteiger partial charge is 0.248 e. The molecule has 114 valence electrons. The molecule has 1 amide bonds. The highest BCUT2D eigenvalue weighted by molar-refractivity contribution is 5.85. The maximum absolute atomic E-state index is 11.7. The summed E-state index contributed by atoms with van der Waals surface area (Å²) < 4.78 is 11.1. The van der Waals surface area contributed by atoms with Crippen LogP contribution >= 0.6 is 12.4 Å². The van der Waals surface area contributed by atoms with Crippen molar-refractivity contribution in [1.29, 1.82) is 0 Å². The van der Waals surface area contributed by atoms with E-state index in [0.29, 0.717) is 13.2 Å². The predicted molar refractivity (Wildman–Crippen MR) is 77.8 cm³/mol. The molecule has 0 aliphatic carbocycles. The molecule has 1 aliphatic heterocycles. The summed E-state index contributed by atoms with van der Waals surface area (Å²) in [5, 5.41) is 5.99. The maximum Gasteiger partial charge on any atom is 0.248 e. The van der Waals surface area contributed by atoms with Crippen LogP contribution in [-0.4, -0.2) is 51.0 Å². The van der Waals surface area contributed by atoms with Crippen molar-refractivity contribution >= 4 is 18.3 Å². The van der Waals surface area contributed by atoms with Crippen molar-refractivity contribution in [3.05, 3.63) is 0 Å². The highest BCUT2D eigenvalue weighted by Crippen LogP contribution is 2.13. The van der Waals surface area contributed by atoms with Gasteiger partial charge < -0.3 is 20.1 Å². The van der Waals surface area contributed by atoms with Gasteiger partial charge in [0.1, 0.15) is 6.10 Å². The first-order chi connectivity index (χ1) is 8.74. The predicted octanol–water partition coefficient (Wildman–Crippen LogP) is 1.11. The molecular weight excluding hydrogens is 268 g/mol. The Morgan fingerprint density at radius 1 is 1.42 bits per heavy atom. The molecule has 1 rings (SSSR count). The highest BCUT2D eigenvalue weighted by atomic mass is 35.5. The monoisotopic (exact) mass is 294 g/mol. The molecule has 0 spiro atoms. The van der Waals surface area contributed by atoms with Gasteiger partial charge in [-0.1, -0.05) is 6.92 Å². The zero-order chi connectivity index (χ0) is 13.2. The Morgan fingerprint density at radius 2 is 2.21 bits per heavy atom. The third kappa shape index (κ3) is 8.42. The Labute approximate surface area is 122 Å². The molecule has 0 radical (unpaired) electrons. The molecule has 0 aromatic heterocycles. The molecule has 6 heteroatoms. The largest absolute Gasteiger partial charge is 0.376 e. The zero-order valence-electron chi connectivity index (χ0n) is 11.9. The summed E-state index contributed by atoms with van der Waals surface area (Å²) in [7, 11) is 0. The van der Waals surface area contributed by atoms with Crippen LogP contribution in [0.2, 0.25) is 0 Å². The van der Waals surface area contributed by atoms with Crippen LogP contribution in [0.1, 0.15) is 33.1 Å². The van der Waals surface area contributed by atoms with Gasteiger partial charge in [0.05, 0.1) is 12.7 Å². The Hall–Kier alpha value is -0.360. The van der Waals surface area contributed by atoms with Crippen LogP contribution in [0.25, 0.3) is 0 Å². The Balaban J connectivity index is 0.00000324. The fraction of sp³-hybridized carbons (Fsp3) is 0.923. The topological polar surface area (TPSA) is 59.6 Å². The first kappa shape index (κ1) is 18.6. The highest BCUT2D eigenvalue weighted by Gasteiger charge is 2.18. The van der Waals surface area contributed by atoms with Crippen molar-refractivity contribution < 1.29 is 14.3 Å². The number of amides is 1. The minimum Gasteiger partial charge on any atom is -0.376 e. The number of hydrogen-bond donors (Lipinski definition) is 2. The number of likely N-dealkylation sites (N-methyl/N-ethyl adjacent to an activating group) is 1. The summed E-state index contributed by atoms with van der Waals surface area (Å²) in [6, 6.07) is 0. The van der Waals surface area contributed by atoms with Crippen molar-refractivity contribution in [1.82, 2.24) is 10.6 Å². The third-order valence-electron chi connectivity index (χ3n) is 3.03. The molecule has 1 aliphatic rings. The molecule has 2 N–H and O–H groups in total. The fourth-order valence-corrected chi connectivity index (χ4v) is 1.86. The third-order valence-corrected chi connectivity index (χ3v) is 3.03. The molecule has 0 aromatic rings. The van der Waals surface area contributed by atoms with E-state index in [0.717, 1.165) is 32.5 Å². The summed E-state index contributed by atoms with van der Waals surface area (Å²) in [5.74, 6) is -0.0521. The lowest BCUT2D eigenvalue weighted by atomic mass is 10.1. The van der Waals surface area contributed by atoms with Crippen molar-refractivity contribution in [2.75, 3.05) is 32.8 Å². The number of hydrogen-bond acceptors (Lipinski definition) is 4. The maximum atomic E-state index is 11.7. The average molecular weight is 295 g/mol. The van der Waals surface area contributed by atoms with Crippen molar-refractivity contribution in [2.24, 2.45) is 0 Å². The number of carbonyl (C=O) groups excluding carboxylic acids is 1. The molecule has 1 fully saturated rings. The van der Waals surface area contributed by atoms with Crippen LogP contribution in [0.15, 0.2) is 0 Å². The van der Waals surface area contributed by atoms with Crippen LogP contribution in [0.3, 0.4) is 0 Å². The van der Waals surface area contributed by atoms with Crippen LogP contribution < -0.4 is 10.6 Å². The minimum absolute atomic E-state index is 0. The lowest BCUT2D eigenvalue weighted by Crippen LogP contribution is -2.39. The van der Waals surface area contributed by atoms with E-state index >= 15 is 0 Å². The number of carbonyl (C=O) groups is 1. The van der Waals surface area contributed by atoms with E-state index in [1.807, 2.05) is 6.92 Å². The molecule has 5 nitrogen and oxygen atoms in total. The summed E-state index contributed by atoms with van der Waals surface area (Å²) in [6.45, 7) is 7.50. The van der Waals surface area contributed by atoms with E-state index in [4.69, 9.17) is 9.47 Å². The van der Waals surface area contributed by atoms with Gasteiger partial charge in [0.25, 0.3) is 0 Å². The minimum atomic E-state index is -0.405. The summed E-state index contributed by atoms with van der Waals surface area (Å²) in [6.07, 6.45) is 3.12. The van der Waals surface area contributed by atoms with Gasteiger partial charge in [-0.3, -0.25) is 4.79 Å². The van der Waals surface area contributed by atoms with Gasteiger partial charge in [0, 0.05) is 19.7 Å². The van der Waals surface area contributed by atoms with Gasteiger partial charge in [0.2, 0.25) is 5.91 Å². The van der Waals surface area contributed by atoms with Crippen molar-refractivity contribution in [3.8, 4) is 0 Å². The molecule has 1 saturated heterocycles. The van der Waals surface area contributed by atoms with Crippen LogP contribution in [0.4, 0.5) is 0 Å². The Morgan fingerprint density at radius 3 is 2.84 bits per heavy atom. The van der Waals surface area contributed by atoms with Gasteiger partial charge in [-0.25, -0.2) is 0 Å². The van der Waals surface area contributed by atoms with E-state index in [-0.39, 0.29) is 24.4 Å². The molecular formula is C13H27ClN2O3. The number of rotatable bonds is 8. The normalized spacial score (nSPS) is 20.4. The lowest BCUT2D eigenvalue weighted by Gasteiger charge is -2.23. The molecule has 0 bridgehead atoms. The second kappa shape index (κ2) is 11.5. The van der Waals surface area contributed by atoms with E-state index in [9.17, 15) is 4.79 Å². The number of halogens is 1. The van der Waals surface area contributed by atoms with E-state index in [1.165, 1.54) is 6.42 Å². The van der Waals surface area contributed by atoms with Gasteiger partial charge in [-0.05, 0) is 32.7 Å². The van der Waals surface area contributed by atoms with Crippen molar-refractivity contribution in [3.63, 3.8) is 0 Å². The molecule has 2 unspecified atom stereocenters. The van der Waals surface area contributed by atoms with E-state index in [2.05, 4.69) is 10.6 Å². The molecule has 0 saturated carbocycles. The molecule has 1 heterocycles. The van der Waals surface area contributed by atoms with Gasteiger partial charge >= 0.3 is 0 Å². The molecule has 0 aromatic carbocycles. The Kier molecular flexibility index (Phi) is 11.2. The first-order valence-corrected chi connectivity index (χ1v) is 6.95. The fourth-order valence-electron chi connectivity index (χ4n) is 1.86. The van der Waals surface area contributed by atoms with Gasteiger partial charge in [-0.2, -0.15) is 0 Å². The number of ether oxygens (including phenoxy) is 2. The quantitative estimate of drug-likeness (QED) is 0.659. The summed E-state index contributed by atoms with van der Waals surface area (Å²) in [4.78, 5) is 11.7. The molecule has 2 atom stereocenters. The van der Waals surface area contributed by atoms with Gasteiger partial charge in [0.15, 0.2) is 0 Å². The Bertz CT molecular complexity index is 236. The van der Waals surface area contributed by atoms with Crippen LogP contribution in [0.5, 0.6) is 0 Å². The number of nitrogens with one attached hydrogen (secondary N) is 2.